The van der Waals surface area contributed by atoms with Crippen molar-refractivity contribution in [2.45, 2.75) is 26.8 Å². The molecule has 2 amide bonds. The van der Waals surface area contributed by atoms with Crippen molar-refractivity contribution < 1.29 is 4.79 Å². The van der Waals surface area contributed by atoms with Gasteiger partial charge in [0.1, 0.15) is 5.69 Å². The summed E-state index contributed by atoms with van der Waals surface area (Å²) < 4.78 is 3.83. The highest BCUT2D eigenvalue weighted by atomic mass is 32.1. The summed E-state index contributed by atoms with van der Waals surface area (Å²) in [6.07, 6.45) is 0. The minimum atomic E-state index is -0.186. The third-order valence-electron chi connectivity index (χ3n) is 3.16. The van der Waals surface area contributed by atoms with E-state index in [0.717, 1.165) is 16.9 Å². The Morgan fingerprint density at radius 3 is 2.45 bits per heavy atom. The molecule has 0 saturated carbocycles. The van der Waals surface area contributed by atoms with Crippen LogP contribution in [0.2, 0.25) is 0 Å². The molecule has 2 N–H and O–H groups in total. The van der Waals surface area contributed by atoms with Crippen molar-refractivity contribution in [3.05, 3.63) is 29.6 Å². The van der Waals surface area contributed by atoms with E-state index in [1.54, 1.807) is 0 Å². The number of benzene rings is 1. The minimum Gasteiger partial charge on any atom is -0.335 e. The van der Waals surface area contributed by atoms with Crippen molar-refractivity contribution in [3.63, 3.8) is 0 Å². The minimum absolute atomic E-state index is 0.135. The molecule has 0 aliphatic carbocycles. The van der Waals surface area contributed by atoms with Crippen molar-refractivity contribution >= 4 is 23.3 Å². The smallest absolute Gasteiger partial charge is 0.319 e. The van der Waals surface area contributed by atoms with Gasteiger partial charge in [0.25, 0.3) is 0 Å². The fraction of sp³-hybridized carbons (Fsp3) is 0.357. The Morgan fingerprint density at radius 2 is 1.90 bits per heavy atom. The Balaban J connectivity index is 1.95. The van der Waals surface area contributed by atoms with Gasteiger partial charge in [0.05, 0.1) is 0 Å². The molecule has 0 bridgehead atoms. The Bertz CT molecular complexity index is 551. The molecule has 0 aliphatic rings. The van der Waals surface area contributed by atoms with E-state index < -0.39 is 0 Å². The summed E-state index contributed by atoms with van der Waals surface area (Å²) in [7, 11) is 0. The van der Waals surface area contributed by atoms with Crippen LogP contribution >= 0.6 is 11.5 Å². The number of carbonyl (C=O) groups is 1. The van der Waals surface area contributed by atoms with Crippen molar-refractivity contribution in [1.29, 1.82) is 0 Å². The predicted molar refractivity (Wildman–Crippen MR) is 81.8 cm³/mol. The van der Waals surface area contributed by atoms with Gasteiger partial charge in [-0.25, -0.2) is 4.79 Å². The molecule has 1 heterocycles. The number of carbonyl (C=O) groups excluding carboxylic acids is 1. The molecule has 1 aromatic carbocycles. The fourth-order valence-electron chi connectivity index (χ4n) is 1.56. The third kappa shape index (κ3) is 3.77. The number of urea groups is 1. The lowest BCUT2D eigenvalue weighted by Gasteiger charge is -2.17. The van der Waals surface area contributed by atoms with E-state index in [-0.39, 0.29) is 12.1 Å². The van der Waals surface area contributed by atoms with Crippen molar-refractivity contribution in [3.8, 4) is 11.3 Å². The van der Waals surface area contributed by atoms with Crippen molar-refractivity contribution in [2.75, 3.05) is 5.32 Å². The number of nitrogens with zero attached hydrogens (tertiary/aromatic N) is 2. The normalized spacial score (nSPS) is 12.2. The molecule has 0 radical (unpaired) electrons. The zero-order valence-corrected chi connectivity index (χ0v) is 12.6. The monoisotopic (exact) mass is 290 g/mol. The molecule has 106 valence electrons. The Kier molecular flexibility index (Phi) is 4.68. The van der Waals surface area contributed by atoms with Crippen molar-refractivity contribution in [1.82, 2.24) is 14.9 Å². The lowest BCUT2D eigenvalue weighted by atomic mass is 10.1. The van der Waals surface area contributed by atoms with Gasteiger partial charge in [0, 0.05) is 22.7 Å². The second-order valence-corrected chi connectivity index (χ2v) is 5.61. The Hall–Kier alpha value is -1.95. The quantitative estimate of drug-likeness (QED) is 0.907. The summed E-state index contributed by atoms with van der Waals surface area (Å²) in [5.74, 6) is 0.403. The van der Waals surface area contributed by atoms with Crippen LogP contribution < -0.4 is 10.6 Å². The van der Waals surface area contributed by atoms with Gasteiger partial charge < -0.3 is 10.6 Å². The number of hydrogen-bond donors (Lipinski definition) is 2. The van der Waals surface area contributed by atoms with E-state index in [2.05, 4.69) is 34.1 Å². The summed E-state index contributed by atoms with van der Waals surface area (Å²) >= 11 is 1.32. The lowest BCUT2D eigenvalue weighted by molar-refractivity contribution is 0.246. The second-order valence-electron chi connectivity index (χ2n) is 5.00. The first-order valence-corrected chi connectivity index (χ1v) is 7.35. The van der Waals surface area contributed by atoms with E-state index in [0.29, 0.717) is 5.92 Å². The molecule has 2 rings (SSSR count). The first-order chi connectivity index (χ1) is 9.56. The Labute approximate surface area is 122 Å². The van der Waals surface area contributed by atoms with Crippen LogP contribution in [0.15, 0.2) is 29.6 Å². The van der Waals surface area contributed by atoms with E-state index in [4.69, 9.17) is 0 Å². The zero-order valence-electron chi connectivity index (χ0n) is 11.8. The van der Waals surface area contributed by atoms with E-state index >= 15 is 0 Å². The first kappa shape index (κ1) is 14.5. The molecular formula is C14H18N4OS. The summed E-state index contributed by atoms with van der Waals surface area (Å²) in [5, 5.41) is 11.6. The molecule has 0 saturated heterocycles. The zero-order chi connectivity index (χ0) is 14.5. The molecule has 1 atom stereocenters. The Morgan fingerprint density at radius 1 is 1.20 bits per heavy atom. The molecule has 2 aromatic rings. The van der Waals surface area contributed by atoms with Crippen LogP contribution in [0.4, 0.5) is 10.5 Å². The summed E-state index contributed by atoms with van der Waals surface area (Å²) in [6, 6.07) is 7.49. The highest BCUT2D eigenvalue weighted by Gasteiger charge is 2.10. The topological polar surface area (TPSA) is 66.9 Å². The van der Waals surface area contributed by atoms with Crippen LogP contribution in [-0.2, 0) is 0 Å². The summed E-state index contributed by atoms with van der Waals surface area (Å²) in [5.41, 5.74) is 2.59. The standard InChI is InChI=1S/C14H18N4OS/c1-9(2)10(3)15-14(19)16-12-6-4-11(5-7-12)13-8-20-18-17-13/h4-10H,1-3H3,(H2,15,16,19). The van der Waals surface area contributed by atoms with Gasteiger partial charge in [-0.1, -0.05) is 30.5 Å². The number of nitrogens with one attached hydrogen (secondary N) is 2. The molecule has 1 aromatic heterocycles. The van der Waals surface area contributed by atoms with Crippen LogP contribution in [0.1, 0.15) is 20.8 Å². The molecule has 0 spiro atoms. The van der Waals surface area contributed by atoms with Crippen LogP contribution in [0.25, 0.3) is 11.3 Å². The molecule has 20 heavy (non-hydrogen) atoms. The number of hydrogen-bond acceptors (Lipinski definition) is 4. The van der Waals surface area contributed by atoms with Crippen LogP contribution in [0.3, 0.4) is 0 Å². The van der Waals surface area contributed by atoms with Crippen LogP contribution in [0, 0.1) is 5.92 Å². The van der Waals surface area contributed by atoms with E-state index in [9.17, 15) is 4.79 Å². The maximum Gasteiger partial charge on any atom is 0.319 e. The first-order valence-electron chi connectivity index (χ1n) is 6.51. The number of anilines is 1. The largest absolute Gasteiger partial charge is 0.335 e. The molecule has 6 heteroatoms. The average Bonchev–Trinajstić information content (AvgIpc) is 2.93. The number of rotatable bonds is 4. The third-order valence-corrected chi connectivity index (χ3v) is 3.66. The molecular weight excluding hydrogens is 272 g/mol. The van der Waals surface area contributed by atoms with Gasteiger partial charge in [-0.3, -0.25) is 0 Å². The van der Waals surface area contributed by atoms with Crippen LogP contribution in [-0.4, -0.2) is 21.7 Å². The van der Waals surface area contributed by atoms with Gasteiger partial charge in [-0.2, -0.15) is 0 Å². The van der Waals surface area contributed by atoms with Crippen LogP contribution in [0.5, 0.6) is 0 Å². The van der Waals surface area contributed by atoms with Gasteiger partial charge >= 0.3 is 6.03 Å². The highest BCUT2D eigenvalue weighted by Crippen LogP contribution is 2.20. The maximum atomic E-state index is 11.8. The van der Waals surface area contributed by atoms with Gasteiger partial charge in [0.2, 0.25) is 0 Å². The van der Waals surface area contributed by atoms with Crippen molar-refractivity contribution in [2.24, 2.45) is 5.92 Å². The molecule has 1 unspecified atom stereocenters. The fourth-order valence-corrected chi connectivity index (χ4v) is 2.02. The molecule has 0 aliphatic heterocycles. The highest BCUT2D eigenvalue weighted by molar-refractivity contribution is 7.03. The summed E-state index contributed by atoms with van der Waals surface area (Å²) in [6.45, 7) is 6.13. The molecule has 5 nitrogen and oxygen atoms in total. The lowest BCUT2D eigenvalue weighted by Crippen LogP contribution is -2.38. The molecule has 0 fully saturated rings. The van der Waals surface area contributed by atoms with E-state index in [1.165, 1.54) is 11.5 Å². The SMILES string of the molecule is CC(C)C(C)NC(=O)Nc1ccc(-c2csnn2)cc1. The van der Waals surface area contributed by atoms with E-state index in [1.807, 2.05) is 36.6 Å². The van der Waals surface area contributed by atoms with Gasteiger partial charge in [0.15, 0.2) is 0 Å². The van der Waals surface area contributed by atoms with Gasteiger partial charge in [-0.05, 0) is 36.5 Å². The average molecular weight is 290 g/mol. The van der Waals surface area contributed by atoms with Gasteiger partial charge in [-0.15, -0.1) is 5.10 Å². The number of aromatic nitrogens is 2. The second kappa shape index (κ2) is 6.47. The summed E-state index contributed by atoms with van der Waals surface area (Å²) in [4.78, 5) is 11.8. The number of amides is 2. The maximum absolute atomic E-state index is 11.8. The predicted octanol–water partition coefficient (Wildman–Crippen LogP) is 3.37.